The van der Waals surface area contributed by atoms with E-state index in [1.807, 2.05) is 0 Å². The Morgan fingerprint density at radius 1 is 1.67 bits per heavy atom. The topological polar surface area (TPSA) is 39.2 Å². The molecule has 0 spiro atoms. The molecular formula is C8H8FNO2. The first-order chi connectivity index (χ1) is 5.88. The summed E-state index contributed by atoms with van der Waals surface area (Å²) in [7, 11) is 0. The van der Waals surface area contributed by atoms with Gasteiger partial charge in [0.2, 0.25) is 0 Å². The average molecular weight is 169 g/mol. The van der Waals surface area contributed by atoms with Gasteiger partial charge in [-0.2, -0.15) is 0 Å². The molecule has 1 heterocycles. The Balaban J connectivity index is 2.75. The molecule has 0 aromatic carbocycles. The lowest BCUT2D eigenvalue weighted by Gasteiger charge is -2.04. The van der Waals surface area contributed by atoms with Crippen LogP contribution in [0.2, 0.25) is 0 Å². The van der Waals surface area contributed by atoms with Crippen LogP contribution < -0.4 is 4.74 Å². The minimum Gasteiger partial charge on any atom is -0.490 e. The quantitative estimate of drug-likeness (QED) is 0.636. The van der Waals surface area contributed by atoms with Crippen LogP contribution in [-0.2, 0) is 0 Å². The number of rotatable bonds is 4. The van der Waals surface area contributed by atoms with E-state index in [2.05, 4.69) is 4.98 Å². The molecule has 0 aliphatic rings. The van der Waals surface area contributed by atoms with Gasteiger partial charge in [0.25, 0.3) is 0 Å². The molecule has 0 aliphatic carbocycles. The molecule has 0 unspecified atom stereocenters. The highest BCUT2D eigenvalue weighted by atomic mass is 19.1. The third-order valence-corrected chi connectivity index (χ3v) is 1.27. The molecule has 0 radical (unpaired) electrons. The predicted octanol–water partition coefficient (Wildman–Crippen LogP) is 1.24. The van der Waals surface area contributed by atoms with Gasteiger partial charge in [0.15, 0.2) is 6.29 Å². The van der Waals surface area contributed by atoms with E-state index in [4.69, 9.17) is 4.74 Å². The van der Waals surface area contributed by atoms with Crippen molar-refractivity contribution in [3.05, 3.63) is 24.0 Å². The summed E-state index contributed by atoms with van der Waals surface area (Å²) in [6, 6.07) is 1.53. The zero-order valence-corrected chi connectivity index (χ0v) is 6.37. The van der Waals surface area contributed by atoms with Gasteiger partial charge >= 0.3 is 0 Å². The lowest BCUT2D eigenvalue weighted by Crippen LogP contribution is -2.01. The smallest absolute Gasteiger partial charge is 0.155 e. The van der Waals surface area contributed by atoms with Crippen molar-refractivity contribution in [1.29, 1.82) is 0 Å². The number of carbonyl (C=O) groups excluding carboxylic acids is 1. The van der Waals surface area contributed by atoms with Crippen molar-refractivity contribution in [2.24, 2.45) is 0 Å². The van der Waals surface area contributed by atoms with Crippen LogP contribution in [0.15, 0.2) is 18.5 Å². The highest BCUT2D eigenvalue weighted by Crippen LogP contribution is 2.13. The SMILES string of the molecule is O=Cc1cnccc1OCCF. The van der Waals surface area contributed by atoms with Crippen molar-refractivity contribution in [1.82, 2.24) is 4.98 Å². The van der Waals surface area contributed by atoms with E-state index in [1.54, 1.807) is 0 Å². The molecule has 0 N–H and O–H groups in total. The second kappa shape index (κ2) is 4.43. The van der Waals surface area contributed by atoms with E-state index >= 15 is 0 Å². The molecule has 0 atom stereocenters. The van der Waals surface area contributed by atoms with Gasteiger partial charge < -0.3 is 4.74 Å². The van der Waals surface area contributed by atoms with E-state index < -0.39 is 6.67 Å². The zero-order valence-electron chi connectivity index (χ0n) is 6.37. The Morgan fingerprint density at radius 3 is 3.17 bits per heavy atom. The van der Waals surface area contributed by atoms with Crippen molar-refractivity contribution in [3.63, 3.8) is 0 Å². The fourth-order valence-electron chi connectivity index (χ4n) is 0.762. The number of pyridine rings is 1. The molecule has 0 saturated carbocycles. The van der Waals surface area contributed by atoms with Crippen molar-refractivity contribution >= 4 is 6.29 Å². The Bertz CT molecular complexity index is 265. The molecule has 3 nitrogen and oxygen atoms in total. The van der Waals surface area contributed by atoms with E-state index in [9.17, 15) is 9.18 Å². The van der Waals surface area contributed by atoms with Crippen LogP contribution in [0.1, 0.15) is 10.4 Å². The third kappa shape index (κ3) is 2.02. The number of aromatic nitrogens is 1. The van der Waals surface area contributed by atoms with Gasteiger partial charge in [-0.1, -0.05) is 0 Å². The van der Waals surface area contributed by atoms with Gasteiger partial charge in [-0.3, -0.25) is 9.78 Å². The largest absolute Gasteiger partial charge is 0.490 e. The number of hydrogen-bond donors (Lipinski definition) is 0. The van der Waals surface area contributed by atoms with E-state index in [1.165, 1.54) is 18.5 Å². The molecular weight excluding hydrogens is 161 g/mol. The van der Waals surface area contributed by atoms with Crippen LogP contribution in [0.25, 0.3) is 0 Å². The molecule has 4 heteroatoms. The first kappa shape index (κ1) is 8.64. The molecule has 0 amide bonds. The van der Waals surface area contributed by atoms with Crippen LogP contribution in [0.4, 0.5) is 4.39 Å². The standard InChI is InChI=1S/C8H8FNO2/c9-2-4-12-8-1-3-10-5-7(8)6-11/h1,3,5-6H,2,4H2. The molecule has 1 rings (SSSR count). The minimum atomic E-state index is -0.569. The average Bonchev–Trinajstić information content (AvgIpc) is 2.15. The van der Waals surface area contributed by atoms with Gasteiger partial charge in [0.05, 0.1) is 5.56 Å². The van der Waals surface area contributed by atoms with Gasteiger partial charge in [-0.05, 0) is 6.07 Å². The van der Waals surface area contributed by atoms with E-state index in [0.29, 0.717) is 17.6 Å². The zero-order chi connectivity index (χ0) is 8.81. The highest BCUT2D eigenvalue weighted by molar-refractivity contribution is 5.78. The van der Waals surface area contributed by atoms with Gasteiger partial charge in [-0.25, -0.2) is 4.39 Å². The Kier molecular flexibility index (Phi) is 3.19. The fourth-order valence-corrected chi connectivity index (χ4v) is 0.762. The molecule has 0 saturated heterocycles. The lowest BCUT2D eigenvalue weighted by molar-refractivity contribution is 0.111. The Morgan fingerprint density at radius 2 is 2.50 bits per heavy atom. The molecule has 1 aromatic rings. The first-order valence-corrected chi connectivity index (χ1v) is 3.46. The summed E-state index contributed by atoms with van der Waals surface area (Å²) in [5.41, 5.74) is 0.339. The number of ether oxygens (including phenoxy) is 1. The number of alkyl halides is 1. The number of nitrogens with zero attached hydrogens (tertiary/aromatic N) is 1. The van der Waals surface area contributed by atoms with Crippen molar-refractivity contribution in [2.45, 2.75) is 0 Å². The normalized spacial score (nSPS) is 9.42. The predicted molar refractivity (Wildman–Crippen MR) is 41.1 cm³/mol. The summed E-state index contributed by atoms with van der Waals surface area (Å²) < 4.78 is 16.6. The summed E-state index contributed by atoms with van der Waals surface area (Å²) in [5.74, 6) is 0.373. The van der Waals surface area contributed by atoms with Crippen molar-refractivity contribution < 1.29 is 13.9 Å². The summed E-state index contributed by atoms with van der Waals surface area (Å²) in [4.78, 5) is 14.1. The van der Waals surface area contributed by atoms with Gasteiger partial charge in [0.1, 0.15) is 19.0 Å². The number of aldehydes is 1. The maximum absolute atomic E-state index is 11.7. The van der Waals surface area contributed by atoms with E-state index in [0.717, 1.165) is 0 Å². The molecule has 12 heavy (non-hydrogen) atoms. The highest BCUT2D eigenvalue weighted by Gasteiger charge is 2.00. The molecule has 0 bridgehead atoms. The molecule has 0 fully saturated rings. The van der Waals surface area contributed by atoms with Crippen LogP contribution in [0.3, 0.4) is 0 Å². The maximum atomic E-state index is 11.7. The second-order valence-corrected chi connectivity index (χ2v) is 2.07. The number of hydrogen-bond acceptors (Lipinski definition) is 3. The van der Waals surface area contributed by atoms with Crippen molar-refractivity contribution in [2.75, 3.05) is 13.3 Å². The summed E-state index contributed by atoms with van der Waals surface area (Å²) >= 11 is 0. The molecule has 1 aromatic heterocycles. The Labute approximate surface area is 69.2 Å². The van der Waals surface area contributed by atoms with Crippen LogP contribution in [0, 0.1) is 0 Å². The van der Waals surface area contributed by atoms with E-state index in [-0.39, 0.29) is 6.61 Å². The van der Waals surface area contributed by atoms with Gasteiger partial charge in [0, 0.05) is 12.4 Å². The van der Waals surface area contributed by atoms with Crippen LogP contribution in [-0.4, -0.2) is 24.6 Å². The summed E-state index contributed by atoms with van der Waals surface area (Å²) in [6.07, 6.45) is 3.49. The van der Waals surface area contributed by atoms with Crippen LogP contribution in [0.5, 0.6) is 5.75 Å². The lowest BCUT2D eigenvalue weighted by atomic mass is 10.3. The monoisotopic (exact) mass is 169 g/mol. The second-order valence-electron chi connectivity index (χ2n) is 2.07. The number of carbonyl (C=O) groups is 1. The summed E-state index contributed by atoms with van der Waals surface area (Å²) in [5, 5.41) is 0. The van der Waals surface area contributed by atoms with Gasteiger partial charge in [-0.15, -0.1) is 0 Å². The summed E-state index contributed by atoms with van der Waals surface area (Å²) in [6.45, 7) is -0.606. The molecule has 0 aliphatic heterocycles. The molecule has 64 valence electrons. The maximum Gasteiger partial charge on any atom is 0.155 e. The van der Waals surface area contributed by atoms with Crippen molar-refractivity contribution in [3.8, 4) is 5.75 Å². The minimum absolute atomic E-state index is 0.0369. The third-order valence-electron chi connectivity index (χ3n) is 1.27. The Hall–Kier alpha value is -1.45. The first-order valence-electron chi connectivity index (χ1n) is 3.46. The van der Waals surface area contributed by atoms with Crippen LogP contribution >= 0.6 is 0 Å². The fraction of sp³-hybridized carbons (Fsp3) is 0.250. The number of halogens is 1.